The van der Waals surface area contributed by atoms with Crippen molar-refractivity contribution in [1.82, 2.24) is 5.32 Å². The summed E-state index contributed by atoms with van der Waals surface area (Å²) >= 11 is 0. The summed E-state index contributed by atoms with van der Waals surface area (Å²) in [5, 5.41) is 4.46. The zero-order chi connectivity index (χ0) is 13.5. The summed E-state index contributed by atoms with van der Waals surface area (Å²) < 4.78 is 6.10. The van der Waals surface area contributed by atoms with Crippen LogP contribution in [0.2, 0.25) is 0 Å². The first-order chi connectivity index (χ1) is 8.34. The van der Waals surface area contributed by atoms with E-state index in [4.69, 9.17) is 4.42 Å². The predicted molar refractivity (Wildman–Crippen MR) is 77.1 cm³/mol. The maximum Gasteiger partial charge on any atom is 0.138 e. The van der Waals surface area contributed by atoms with Crippen LogP contribution in [0, 0.1) is 6.92 Å². The fourth-order valence-corrected chi connectivity index (χ4v) is 2.22. The number of furan rings is 1. The van der Waals surface area contributed by atoms with Gasteiger partial charge in [-0.1, -0.05) is 32.9 Å². The van der Waals surface area contributed by atoms with Crippen molar-refractivity contribution in [3.8, 4) is 0 Å². The van der Waals surface area contributed by atoms with E-state index < -0.39 is 0 Å². The van der Waals surface area contributed by atoms with Gasteiger partial charge in [0.1, 0.15) is 11.3 Å². The number of hydrogen-bond acceptors (Lipinski definition) is 2. The first-order valence-electron chi connectivity index (χ1n) is 6.55. The van der Waals surface area contributed by atoms with Gasteiger partial charge in [0, 0.05) is 10.9 Å². The Morgan fingerprint density at radius 1 is 1.22 bits per heavy atom. The Kier molecular flexibility index (Phi) is 3.24. The molecule has 0 fully saturated rings. The topological polar surface area (TPSA) is 25.2 Å². The van der Waals surface area contributed by atoms with E-state index in [9.17, 15) is 0 Å². The Hall–Kier alpha value is -1.28. The first-order valence-corrected chi connectivity index (χ1v) is 6.55. The molecule has 18 heavy (non-hydrogen) atoms. The van der Waals surface area contributed by atoms with Crippen molar-refractivity contribution in [2.45, 2.75) is 46.1 Å². The number of benzene rings is 1. The van der Waals surface area contributed by atoms with Crippen molar-refractivity contribution < 1.29 is 4.42 Å². The molecular formula is C16H23NO. The Balaban J connectivity index is 2.70. The second-order valence-corrected chi connectivity index (χ2v) is 6.08. The van der Waals surface area contributed by atoms with E-state index in [1.165, 1.54) is 16.5 Å². The molecule has 1 aromatic carbocycles. The Morgan fingerprint density at radius 3 is 2.44 bits per heavy atom. The van der Waals surface area contributed by atoms with E-state index in [1.54, 1.807) is 0 Å². The Morgan fingerprint density at radius 2 is 1.89 bits per heavy atom. The summed E-state index contributed by atoms with van der Waals surface area (Å²) in [5.41, 5.74) is 3.69. The average Bonchev–Trinajstić information content (AvgIpc) is 2.72. The molecule has 0 amide bonds. The maximum absolute atomic E-state index is 6.10. The van der Waals surface area contributed by atoms with Crippen molar-refractivity contribution in [3.63, 3.8) is 0 Å². The lowest BCUT2D eigenvalue weighted by Gasteiger charge is -2.19. The lowest BCUT2D eigenvalue weighted by Crippen LogP contribution is -2.12. The van der Waals surface area contributed by atoms with Crippen LogP contribution in [0.4, 0.5) is 0 Å². The van der Waals surface area contributed by atoms with E-state index in [0.717, 1.165) is 11.3 Å². The van der Waals surface area contributed by atoms with Gasteiger partial charge in [-0.3, -0.25) is 0 Å². The molecule has 1 unspecified atom stereocenters. The molecule has 0 radical (unpaired) electrons. The van der Waals surface area contributed by atoms with Crippen LogP contribution in [0.1, 0.15) is 50.6 Å². The lowest BCUT2D eigenvalue weighted by molar-refractivity contribution is 0.467. The molecule has 0 aliphatic heterocycles. The van der Waals surface area contributed by atoms with Crippen molar-refractivity contribution in [1.29, 1.82) is 0 Å². The highest BCUT2D eigenvalue weighted by atomic mass is 16.3. The standard InChI is InChI=1S/C16H23NO/c1-10-7-8-13(16(3,4)5)15-12(10)9-14(18-15)11(2)17-6/h7-9,11,17H,1-6H3. The highest BCUT2D eigenvalue weighted by molar-refractivity contribution is 5.85. The molecule has 0 bridgehead atoms. The molecule has 0 aliphatic carbocycles. The number of aryl methyl sites for hydroxylation is 1. The van der Waals surface area contributed by atoms with E-state index in [-0.39, 0.29) is 11.5 Å². The zero-order valence-electron chi connectivity index (χ0n) is 12.2. The van der Waals surface area contributed by atoms with Gasteiger partial charge in [0.25, 0.3) is 0 Å². The third-order valence-corrected chi connectivity index (χ3v) is 3.59. The lowest BCUT2D eigenvalue weighted by atomic mass is 9.85. The average molecular weight is 245 g/mol. The molecule has 1 N–H and O–H groups in total. The van der Waals surface area contributed by atoms with Crippen LogP contribution >= 0.6 is 0 Å². The fourth-order valence-electron chi connectivity index (χ4n) is 2.22. The van der Waals surface area contributed by atoms with Gasteiger partial charge in [0.15, 0.2) is 0 Å². The van der Waals surface area contributed by atoms with E-state index in [0.29, 0.717) is 0 Å². The van der Waals surface area contributed by atoms with Crippen LogP contribution in [0.5, 0.6) is 0 Å². The van der Waals surface area contributed by atoms with Crippen molar-refractivity contribution >= 4 is 11.0 Å². The minimum atomic E-state index is 0.101. The van der Waals surface area contributed by atoms with Crippen LogP contribution in [0.15, 0.2) is 22.6 Å². The minimum absolute atomic E-state index is 0.101. The van der Waals surface area contributed by atoms with E-state index >= 15 is 0 Å². The molecule has 1 heterocycles. The van der Waals surface area contributed by atoms with Crippen molar-refractivity contribution in [2.75, 3.05) is 7.05 Å². The van der Waals surface area contributed by atoms with E-state index in [2.05, 4.69) is 58.1 Å². The number of hydrogen-bond donors (Lipinski definition) is 1. The largest absolute Gasteiger partial charge is 0.459 e. The molecule has 0 spiro atoms. The van der Waals surface area contributed by atoms with Crippen LogP contribution in [-0.2, 0) is 5.41 Å². The predicted octanol–water partition coefficient (Wildman–Crippen LogP) is 4.32. The molecule has 2 aromatic rings. The van der Waals surface area contributed by atoms with Crippen LogP contribution < -0.4 is 5.32 Å². The summed E-state index contributed by atoms with van der Waals surface area (Å²) in [5.74, 6) is 1.01. The van der Waals surface area contributed by atoms with Gasteiger partial charge in [-0.15, -0.1) is 0 Å². The Bertz CT molecular complexity index is 560. The van der Waals surface area contributed by atoms with Gasteiger partial charge in [0.05, 0.1) is 6.04 Å². The van der Waals surface area contributed by atoms with Crippen LogP contribution in [0.3, 0.4) is 0 Å². The van der Waals surface area contributed by atoms with Gasteiger partial charge in [-0.2, -0.15) is 0 Å². The van der Waals surface area contributed by atoms with Gasteiger partial charge >= 0.3 is 0 Å². The fraction of sp³-hybridized carbons (Fsp3) is 0.500. The molecule has 0 aliphatic rings. The zero-order valence-corrected chi connectivity index (χ0v) is 12.2. The van der Waals surface area contributed by atoms with E-state index in [1.807, 2.05) is 7.05 Å². The number of fused-ring (bicyclic) bond motifs is 1. The van der Waals surface area contributed by atoms with Crippen molar-refractivity contribution in [3.05, 3.63) is 35.1 Å². The second kappa shape index (κ2) is 4.43. The first kappa shape index (κ1) is 13.2. The quantitative estimate of drug-likeness (QED) is 0.852. The minimum Gasteiger partial charge on any atom is -0.459 e. The molecule has 98 valence electrons. The Labute approximate surface area is 109 Å². The summed E-state index contributed by atoms with van der Waals surface area (Å²) in [6, 6.07) is 6.78. The van der Waals surface area contributed by atoms with Crippen molar-refractivity contribution in [2.24, 2.45) is 0 Å². The van der Waals surface area contributed by atoms with Crippen LogP contribution in [0.25, 0.3) is 11.0 Å². The molecule has 2 nitrogen and oxygen atoms in total. The van der Waals surface area contributed by atoms with Gasteiger partial charge in [0.2, 0.25) is 0 Å². The molecule has 0 saturated heterocycles. The molecular weight excluding hydrogens is 222 g/mol. The number of rotatable bonds is 2. The summed E-state index contributed by atoms with van der Waals surface area (Å²) in [7, 11) is 1.95. The van der Waals surface area contributed by atoms with Gasteiger partial charge in [-0.05, 0) is 37.9 Å². The number of nitrogens with one attached hydrogen (secondary N) is 1. The third kappa shape index (κ3) is 2.17. The molecule has 1 atom stereocenters. The molecule has 2 rings (SSSR count). The third-order valence-electron chi connectivity index (χ3n) is 3.59. The monoisotopic (exact) mass is 245 g/mol. The highest BCUT2D eigenvalue weighted by Crippen LogP contribution is 2.35. The van der Waals surface area contributed by atoms with Gasteiger partial charge < -0.3 is 9.73 Å². The van der Waals surface area contributed by atoms with Gasteiger partial charge in [-0.25, -0.2) is 0 Å². The summed E-state index contributed by atoms with van der Waals surface area (Å²) in [6.45, 7) is 10.9. The SMILES string of the molecule is CNC(C)c1cc2c(C)ccc(C(C)(C)C)c2o1. The smallest absolute Gasteiger partial charge is 0.138 e. The molecule has 1 aromatic heterocycles. The van der Waals surface area contributed by atoms with Crippen LogP contribution in [-0.4, -0.2) is 7.05 Å². The highest BCUT2D eigenvalue weighted by Gasteiger charge is 2.21. The normalized spacial score (nSPS) is 14.1. The molecule has 0 saturated carbocycles. The molecule has 2 heteroatoms. The second-order valence-electron chi connectivity index (χ2n) is 6.08. The summed E-state index contributed by atoms with van der Waals surface area (Å²) in [6.07, 6.45) is 0. The maximum atomic E-state index is 6.10. The summed E-state index contributed by atoms with van der Waals surface area (Å²) in [4.78, 5) is 0.